The van der Waals surface area contributed by atoms with Crippen molar-refractivity contribution in [1.82, 2.24) is 9.55 Å². The molecule has 108 valence electrons. The standard InChI is InChI=1S/C15H10ClF3N2/c1-8-2-3-12-14(4-8)21(15(7-16)20-12)13-6-10(18)9(17)5-11(13)19/h2-6H,7H2,1H3. The van der Waals surface area contributed by atoms with Crippen LogP contribution >= 0.6 is 11.6 Å². The summed E-state index contributed by atoms with van der Waals surface area (Å²) in [6.07, 6.45) is 0. The second-order valence-corrected chi connectivity index (χ2v) is 4.97. The first kappa shape index (κ1) is 13.9. The molecular weight excluding hydrogens is 301 g/mol. The second kappa shape index (κ2) is 5.07. The Morgan fingerprint density at radius 1 is 1.05 bits per heavy atom. The minimum Gasteiger partial charge on any atom is -0.292 e. The van der Waals surface area contributed by atoms with Crippen LogP contribution in [0.25, 0.3) is 16.7 Å². The number of halogens is 4. The molecule has 0 saturated heterocycles. The van der Waals surface area contributed by atoms with Gasteiger partial charge < -0.3 is 0 Å². The lowest BCUT2D eigenvalue weighted by Crippen LogP contribution is -2.04. The molecule has 0 aliphatic carbocycles. The van der Waals surface area contributed by atoms with Gasteiger partial charge in [0.2, 0.25) is 0 Å². The van der Waals surface area contributed by atoms with Gasteiger partial charge in [0.25, 0.3) is 0 Å². The summed E-state index contributed by atoms with van der Waals surface area (Å²) in [5.74, 6) is -2.85. The largest absolute Gasteiger partial charge is 0.292 e. The third kappa shape index (κ3) is 2.27. The number of alkyl halides is 1. The van der Waals surface area contributed by atoms with Gasteiger partial charge in [-0.15, -0.1) is 11.6 Å². The van der Waals surface area contributed by atoms with Crippen LogP contribution in [0, 0.1) is 24.4 Å². The quantitative estimate of drug-likeness (QED) is 0.504. The molecular formula is C15H10ClF3N2. The Morgan fingerprint density at radius 2 is 1.76 bits per heavy atom. The van der Waals surface area contributed by atoms with Gasteiger partial charge in [0.15, 0.2) is 11.6 Å². The molecule has 1 aromatic heterocycles. The highest BCUT2D eigenvalue weighted by molar-refractivity contribution is 6.17. The summed E-state index contributed by atoms with van der Waals surface area (Å²) in [6, 6.07) is 6.75. The lowest BCUT2D eigenvalue weighted by atomic mass is 10.2. The molecule has 0 fully saturated rings. The summed E-state index contributed by atoms with van der Waals surface area (Å²) in [7, 11) is 0. The van der Waals surface area contributed by atoms with Gasteiger partial charge in [0.1, 0.15) is 11.6 Å². The van der Waals surface area contributed by atoms with Crippen LogP contribution in [0.1, 0.15) is 11.4 Å². The van der Waals surface area contributed by atoms with Crippen molar-refractivity contribution in [3.63, 3.8) is 0 Å². The minimum absolute atomic E-state index is 0.0200. The van der Waals surface area contributed by atoms with Gasteiger partial charge in [-0.2, -0.15) is 0 Å². The number of nitrogens with zero attached hydrogens (tertiary/aromatic N) is 2. The molecule has 6 heteroatoms. The maximum atomic E-state index is 14.0. The summed E-state index contributed by atoms with van der Waals surface area (Å²) in [6.45, 7) is 1.87. The lowest BCUT2D eigenvalue weighted by Gasteiger charge is -2.10. The van der Waals surface area contributed by atoms with Crippen LogP contribution in [0.2, 0.25) is 0 Å². The van der Waals surface area contributed by atoms with E-state index in [4.69, 9.17) is 11.6 Å². The normalized spacial score (nSPS) is 11.3. The molecule has 21 heavy (non-hydrogen) atoms. The van der Waals surface area contributed by atoms with Crippen molar-refractivity contribution in [1.29, 1.82) is 0 Å². The molecule has 0 atom stereocenters. The first-order chi connectivity index (χ1) is 10.0. The molecule has 0 bridgehead atoms. The molecule has 1 heterocycles. The van der Waals surface area contributed by atoms with E-state index in [0.29, 0.717) is 22.9 Å². The van der Waals surface area contributed by atoms with Gasteiger partial charge >= 0.3 is 0 Å². The predicted octanol–water partition coefficient (Wildman–Crippen LogP) is 4.49. The average Bonchev–Trinajstić information content (AvgIpc) is 2.80. The van der Waals surface area contributed by atoms with Crippen molar-refractivity contribution in [3.8, 4) is 5.69 Å². The Morgan fingerprint density at radius 3 is 2.48 bits per heavy atom. The van der Waals surface area contributed by atoms with Crippen LogP contribution in [0.3, 0.4) is 0 Å². The van der Waals surface area contributed by atoms with Gasteiger partial charge in [-0.25, -0.2) is 18.2 Å². The molecule has 0 saturated carbocycles. The zero-order valence-electron chi connectivity index (χ0n) is 11.0. The fourth-order valence-electron chi connectivity index (χ4n) is 2.28. The Kier molecular flexibility index (Phi) is 3.37. The molecule has 2 nitrogen and oxygen atoms in total. The van der Waals surface area contributed by atoms with E-state index in [1.54, 1.807) is 12.1 Å². The van der Waals surface area contributed by atoms with Crippen LogP contribution in [0.4, 0.5) is 13.2 Å². The third-order valence-corrected chi connectivity index (χ3v) is 3.47. The number of imidazole rings is 1. The number of hydrogen-bond acceptors (Lipinski definition) is 1. The second-order valence-electron chi connectivity index (χ2n) is 4.71. The molecule has 0 radical (unpaired) electrons. The van der Waals surface area contributed by atoms with Crippen LogP contribution in [-0.2, 0) is 5.88 Å². The highest BCUT2D eigenvalue weighted by Gasteiger charge is 2.17. The van der Waals surface area contributed by atoms with E-state index in [9.17, 15) is 13.2 Å². The van der Waals surface area contributed by atoms with E-state index in [1.807, 2.05) is 13.0 Å². The summed E-state index contributed by atoms with van der Waals surface area (Å²) in [5.41, 5.74) is 2.03. The summed E-state index contributed by atoms with van der Waals surface area (Å²) in [5, 5.41) is 0. The number of aryl methyl sites for hydroxylation is 1. The van der Waals surface area contributed by atoms with Crippen molar-refractivity contribution in [2.24, 2.45) is 0 Å². The molecule has 0 spiro atoms. The molecule has 3 rings (SSSR count). The van der Waals surface area contributed by atoms with E-state index in [0.717, 1.165) is 11.6 Å². The van der Waals surface area contributed by atoms with E-state index >= 15 is 0 Å². The maximum absolute atomic E-state index is 14.0. The van der Waals surface area contributed by atoms with Crippen molar-refractivity contribution in [2.45, 2.75) is 12.8 Å². The molecule has 0 aliphatic heterocycles. The van der Waals surface area contributed by atoms with Gasteiger partial charge in [0.05, 0.1) is 22.6 Å². The van der Waals surface area contributed by atoms with E-state index < -0.39 is 17.5 Å². The highest BCUT2D eigenvalue weighted by Crippen LogP contribution is 2.26. The molecule has 0 amide bonds. The average molecular weight is 311 g/mol. The summed E-state index contributed by atoms with van der Waals surface area (Å²) >= 11 is 5.84. The maximum Gasteiger partial charge on any atom is 0.161 e. The van der Waals surface area contributed by atoms with Crippen LogP contribution in [0.15, 0.2) is 30.3 Å². The number of rotatable bonds is 2. The van der Waals surface area contributed by atoms with Gasteiger partial charge in [-0.3, -0.25) is 4.57 Å². The Hall–Kier alpha value is -2.01. The molecule has 2 aromatic carbocycles. The molecule has 0 aliphatic rings. The zero-order valence-corrected chi connectivity index (χ0v) is 11.8. The van der Waals surface area contributed by atoms with Crippen LogP contribution < -0.4 is 0 Å². The lowest BCUT2D eigenvalue weighted by molar-refractivity contribution is 0.493. The van der Waals surface area contributed by atoms with Crippen LogP contribution in [-0.4, -0.2) is 9.55 Å². The SMILES string of the molecule is Cc1ccc2nc(CCl)n(-c3cc(F)c(F)cc3F)c2c1. The smallest absolute Gasteiger partial charge is 0.161 e. The molecule has 3 aromatic rings. The minimum atomic E-state index is -1.23. The summed E-state index contributed by atoms with van der Waals surface area (Å²) in [4.78, 5) is 4.29. The topological polar surface area (TPSA) is 17.8 Å². The van der Waals surface area contributed by atoms with Crippen molar-refractivity contribution in [2.75, 3.05) is 0 Å². The van der Waals surface area contributed by atoms with Gasteiger partial charge in [-0.1, -0.05) is 6.07 Å². The Balaban J connectivity index is 2.38. The number of hydrogen-bond donors (Lipinski definition) is 0. The first-order valence-electron chi connectivity index (χ1n) is 6.20. The van der Waals surface area contributed by atoms with Crippen molar-refractivity contribution in [3.05, 3.63) is 59.2 Å². The first-order valence-corrected chi connectivity index (χ1v) is 6.73. The highest BCUT2D eigenvalue weighted by atomic mass is 35.5. The van der Waals surface area contributed by atoms with E-state index in [-0.39, 0.29) is 11.6 Å². The van der Waals surface area contributed by atoms with Crippen molar-refractivity contribution >= 4 is 22.6 Å². The predicted molar refractivity (Wildman–Crippen MR) is 75.2 cm³/mol. The van der Waals surface area contributed by atoms with Gasteiger partial charge in [0, 0.05) is 12.1 Å². The number of aromatic nitrogens is 2. The molecule has 0 N–H and O–H groups in total. The Labute approximate surface area is 123 Å². The van der Waals surface area contributed by atoms with E-state index in [1.165, 1.54) is 4.57 Å². The number of benzene rings is 2. The van der Waals surface area contributed by atoms with Crippen molar-refractivity contribution < 1.29 is 13.2 Å². The summed E-state index contributed by atoms with van der Waals surface area (Å²) < 4.78 is 42.0. The monoisotopic (exact) mass is 310 g/mol. The fourth-order valence-corrected chi connectivity index (χ4v) is 2.46. The van der Waals surface area contributed by atoms with Gasteiger partial charge in [-0.05, 0) is 24.6 Å². The zero-order chi connectivity index (χ0) is 15.1. The Bertz CT molecular complexity index is 843. The van der Waals surface area contributed by atoms with E-state index in [2.05, 4.69) is 4.98 Å². The third-order valence-electron chi connectivity index (χ3n) is 3.23. The fraction of sp³-hybridized carbons (Fsp3) is 0.133. The molecule has 0 unspecified atom stereocenters. The number of fused-ring (bicyclic) bond motifs is 1. The van der Waals surface area contributed by atoms with Crippen LogP contribution in [0.5, 0.6) is 0 Å².